The van der Waals surface area contributed by atoms with Crippen LogP contribution < -0.4 is 25.2 Å². The number of carbonyl (C=O) groups is 2. The summed E-state index contributed by atoms with van der Waals surface area (Å²) in [6.45, 7) is 12.0. The highest BCUT2D eigenvalue weighted by Crippen LogP contribution is 2.36. The molecule has 2 N–H and O–H groups in total. The van der Waals surface area contributed by atoms with E-state index < -0.39 is 0 Å². The van der Waals surface area contributed by atoms with Crippen LogP contribution in [0.25, 0.3) is 0 Å². The molecule has 1 aromatic heterocycles. The molecule has 2 aromatic rings. The van der Waals surface area contributed by atoms with Crippen LogP contribution in [-0.4, -0.2) is 103 Å². The fourth-order valence-corrected chi connectivity index (χ4v) is 7.13. The van der Waals surface area contributed by atoms with Crippen LogP contribution in [0.3, 0.4) is 0 Å². The predicted molar refractivity (Wildman–Crippen MR) is 173 cm³/mol. The third-order valence-electron chi connectivity index (χ3n) is 9.90. The van der Waals surface area contributed by atoms with Crippen LogP contribution in [0, 0.1) is 5.92 Å². The Morgan fingerprint density at radius 1 is 1.07 bits per heavy atom. The number of anilines is 4. The minimum Gasteiger partial charge on any atom is -0.495 e. The average Bonchev–Trinajstić information content (AvgIpc) is 3.85. The maximum atomic E-state index is 13.2. The van der Waals surface area contributed by atoms with Crippen LogP contribution in [0.2, 0.25) is 0 Å². The van der Waals surface area contributed by atoms with E-state index in [0.29, 0.717) is 40.5 Å². The summed E-state index contributed by atoms with van der Waals surface area (Å²) in [6.07, 6.45) is 8.81. The summed E-state index contributed by atoms with van der Waals surface area (Å²) in [5, 5.41) is 6.53. The fraction of sp³-hybridized carbons (Fsp3) is 0.636. The number of aromatic nitrogens is 2. The molecule has 11 nitrogen and oxygen atoms in total. The van der Waals surface area contributed by atoms with Gasteiger partial charge in [-0.25, -0.2) is 4.98 Å². The normalized spacial score (nSPS) is 24.8. The Hall–Kier alpha value is -3.44. The molecule has 1 saturated heterocycles. The van der Waals surface area contributed by atoms with E-state index in [2.05, 4.69) is 25.4 Å². The van der Waals surface area contributed by atoms with Gasteiger partial charge in [0, 0.05) is 63.5 Å². The Morgan fingerprint density at radius 3 is 2.45 bits per heavy atom. The van der Waals surface area contributed by atoms with Gasteiger partial charge in [0.05, 0.1) is 19.0 Å². The van der Waals surface area contributed by atoms with Crippen molar-refractivity contribution in [2.75, 3.05) is 62.0 Å². The molecular weight excluding hydrogens is 556 g/mol. The first-order valence-electron chi connectivity index (χ1n) is 16.4. The summed E-state index contributed by atoms with van der Waals surface area (Å²) in [5.74, 6) is 2.52. The number of benzene rings is 1. The van der Waals surface area contributed by atoms with Crippen molar-refractivity contribution in [1.82, 2.24) is 25.1 Å². The third kappa shape index (κ3) is 6.49. The Balaban J connectivity index is 1.05. The largest absolute Gasteiger partial charge is 0.495 e. The van der Waals surface area contributed by atoms with E-state index in [4.69, 9.17) is 9.72 Å². The topological polar surface area (TPSA) is 106 Å². The van der Waals surface area contributed by atoms with Gasteiger partial charge in [-0.2, -0.15) is 4.98 Å². The van der Waals surface area contributed by atoms with Gasteiger partial charge in [0.25, 0.3) is 5.91 Å². The first-order chi connectivity index (χ1) is 21.2. The molecule has 44 heavy (non-hydrogen) atoms. The molecule has 2 aliphatic carbocycles. The second-order valence-electron chi connectivity index (χ2n) is 13.3. The average molecular weight is 605 g/mol. The van der Waals surface area contributed by atoms with E-state index in [1.807, 2.05) is 31.7 Å². The van der Waals surface area contributed by atoms with E-state index in [-0.39, 0.29) is 29.9 Å². The van der Waals surface area contributed by atoms with Crippen molar-refractivity contribution in [3.8, 4) is 5.75 Å². The summed E-state index contributed by atoms with van der Waals surface area (Å²) in [6, 6.07) is 5.98. The highest BCUT2D eigenvalue weighted by Gasteiger charge is 2.37. The van der Waals surface area contributed by atoms with Crippen molar-refractivity contribution >= 4 is 35.0 Å². The van der Waals surface area contributed by atoms with E-state index in [9.17, 15) is 9.59 Å². The molecule has 0 spiro atoms. The van der Waals surface area contributed by atoms with Gasteiger partial charge in [0.2, 0.25) is 11.9 Å². The van der Waals surface area contributed by atoms with E-state index in [0.717, 1.165) is 31.6 Å². The number of rotatable bonds is 9. The van der Waals surface area contributed by atoms with Gasteiger partial charge in [-0.05, 0) is 83.4 Å². The van der Waals surface area contributed by atoms with E-state index >= 15 is 0 Å². The van der Waals surface area contributed by atoms with Crippen molar-refractivity contribution < 1.29 is 14.3 Å². The van der Waals surface area contributed by atoms with Gasteiger partial charge in [0.15, 0.2) is 5.82 Å². The van der Waals surface area contributed by atoms with E-state index in [1.165, 1.54) is 45.6 Å². The highest BCUT2D eigenvalue weighted by atomic mass is 16.5. The number of hydrogen-bond donors (Lipinski definition) is 2. The first-order valence-corrected chi connectivity index (χ1v) is 16.4. The number of amides is 2. The lowest BCUT2D eigenvalue weighted by Gasteiger charge is -2.42. The molecule has 0 radical (unpaired) electrons. The van der Waals surface area contributed by atoms with Gasteiger partial charge in [-0.15, -0.1) is 0 Å². The zero-order valence-corrected chi connectivity index (χ0v) is 26.9. The number of hydrogen-bond acceptors (Lipinski definition) is 9. The van der Waals surface area contributed by atoms with Crippen molar-refractivity contribution in [1.29, 1.82) is 0 Å². The number of nitrogens with one attached hydrogen (secondary N) is 2. The maximum Gasteiger partial charge on any atom is 0.251 e. The Kier molecular flexibility index (Phi) is 8.96. The van der Waals surface area contributed by atoms with Crippen LogP contribution in [0.4, 0.5) is 23.1 Å². The minimum atomic E-state index is -0.329. The summed E-state index contributed by atoms with van der Waals surface area (Å²) in [4.78, 5) is 44.2. The summed E-state index contributed by atoms with van der Waals surface area (Å²) < 4.78 is 5.66. The van der Waals surface area contributed by atoms with Crippen LogP contribution in [0.1, 0.15) is 69.7 Å². The van der Waals surface area contributed by atoms with Gasteiger partial charge in [0.1, 0.15) is 17.5 Å². The zero-order chi connectivity index (χ0) is 31.0. The second-order valence-corrected chi connectivity index (χ2v) is 13.3. The highest BCUT2D eigenvalue weighted by molar-refractivity contribution is 6.04. The van der Waals surface area contributed by atoms with Gasteiger partial charge in [-0.1, -0.05) is 0 Å². The van der Waals surface area contributed by atoms with Gasteiger partial charge >= 0.3 is 0 Å². The lowest BCUT2D eigenvalue weighted by molar-refractivity contribution is -0.119. The number of nitrogens with zero attached hydrogens (tertiary/aromatic N) is 6. The molecular formula is C33H48N8O3. The standard InChI is InChI=1S/C33H48N8O3/c1-21(2)41-22(3)32(43)38(4)28-19-34-33(37-30(28)41)36-27-13-8-24(18-29(27)44-5)31(42)35-25-9-11-26(12-10-25)40-16-14-39(15-17-40)20-23-6-7-23/h8,13,18-19,21-23,25-26H,6-7,9-12,14-17,20H2,1-5H3,(H,35,42)(H,34,36,37)/t22-,25?,26?/m1/s1. The van der Waals surface area contributed by atoms with E-state index in [1.54, 1.807) is 37.4 Å². The zero-order valence-electron chi connectivity index (χ0n) is 26.9. The lowest BCUT2D eigenvalue weighted by atomic mass is 9.89. The molecule has 2 saturated carbocycles. The monoisotopic (exact) mass is 604 g/mol. The predicted octanol–water partition coefficient (Wildman–Crippen LogP) is 3.88. The Labute approximate surface area is 261 Å². The summed E-state index contributed by atoms with van der Waals surface area (Å²) in [5.41, 5.74) is 1.89. The minimum absolute atomic E-state index is 0.0107. The molecule has 3 fully saturated rings. The van der Waals surface area contributed by atoms with Crippen molar-refractivity contribution in [3.05, 3.63) is 30.0 Å². The SMILES string of the molecule is COc1cc(C(=O)NC2CCC(N3CCN(CC4CC4)CC3)CC2)ccc1Nc1ncc2c(n1)N(C(C)C)[C@H](C)C(=O)N2C. The molecule has 2 amide bonds. The number of piperazine rings is 1. The number of fused-ring (bicyclic) bond motifs is 1. The number of ether oxygens (including phenoxy) is 1. The summed E-state index contributed by atoms with van der Waals surface area (Å²) in [7, 11) is 3.34. The molecule has 6 rings (SSSR count). The van der Waals surface area contributed by atoms with Crippen LogP contribution in [0.15, 0.2) is 24.4 Å². The second kappa shape index (κ2) is 12.9. The van der Waals surface area contributed by atoms with Gasteiger partial charge < -0.3 is 30.1 Å². The molecule has 1 aromatic carbocycles. The Morgan fingerprint density at radius 2 is 1.80 bits per heavy atom. The first kappa shape index (κ1) is 30.6. The van der Waals surface area contributed by atoms with Crippen molar-refractivity contribution in [3.63, 3.8) is 0 Å². The fourth-order valence-electron chi connectivity index (χ4n) is 7.13. The lowest BCUT2D eigenvalue weighted by Crippen LogP contribution is -2.53. The molecule has 0 unspecified atom stereocenters. The molecule has 4 aliphatic rings. The van der Waals surface area contributed by atoms with Crippen LogP contribution in [0.5, 0.6) is 5.75 Å². The van der Waals surface area contributed by atoms with Crippen molar-refractivity contribution in [2.45, 2.75) is 83.5 Å². The van der Waals surface area contributed by atoms with Crippen LogP contribution >= 0.6 is 0 Å². The summed E-state index contributed by atoms with van der Waals surface area (Å²) >= 11 is 0. The smallest absolute Gasteiger partial charge is 0.251 e. The molecule has 1 atom stereocenters. The molecule has 2 aliphatic heterocycles. The van der Waals surface area contributed by atoms with Gasteiger partial charge in [-0.3, -0.25) is 14.5 Å². The van der Waals surface area contributed by atoms with Crippen LogP contribution in [-0.2, 0) is 4.79 Å². The molecule has 11 heteroatoms. The maximum absolute atomic E-state index is 13.2. The molecule has 0 bridgehead atoms. The molecule has 238 valence electrons. The molecule has 3 heterocycles. The third-order valence-corrected chi connectivity index (χ3v) is 9.90. The number of methoxy groups -OCH3 is 1. The Bertz CT molecular complexity index is 1350. The quantitative estimate of drug-likeness (QED) is 0.441. The number of likely N-dealkylation sites (N-methyl/N-ethyl adjacent to an activating group) is 1. The number of carbonyl (C=O) groups excluding carboxylic acids is 2. The van der Waals surface area contributed by atoms with Crippen molar-refractivity contribution in [2.24, 2.45) is 5.92 Å².